The minimum absolute atomic E-state index is 0.135. The maximum absolute atomic E-state index is 12.1. The quantitative estimate of drug-likeness (QED) is 0.906. The zero-order valence-electron chi connectivity index (χ0n) is 12.1. The molecule has 0 saturated carbocycles. The molecule has 1 saturated heterocycles. The highest BCUT2D eigenvalue weighted by molar-refractivity contribution is 6.02. The van der Waals surface area contributed by atoms with Crippen LogP contribution in [0.4, 0.5) is 5.69 Å². The molecule has 0 bridgehead atoms. The summed E-state index contributed by atoms with van der Waals surface area (Å²) in [7, 11) is 0. The zero-order chi connectivity index (χ0) is 14.7. The number of carbonyl (C=O) groups is 1. The number of hydrogen-bond acceptors (Lipinski definition) is 4. The van der Waals surface area contributed by atoms with Crippen molar-refractivity contribution in [1.29, 1.82) is 0 Å². The maximum atomic E-state index is 12.1. The molecule has 0 spiro atoms. The maximum Gasteiger partial charge on any atom is 0.277 e. The Hall–Kier alpha value is -2.14. The molecule has 1 aromatic carbocycles. The highest BCUT2D eigenvalue weighted by atomic mass is 16.3. The number of nitrogens with one attached hydrogen (secondary N) is 2. The number of aryl methyl sites for hydroxylation is 1. The molecule has 1 aliphatic heterocycles. The largest absolute Gasteiger partial charge is 0.446 e. The van der Waals surface area contributed by atoms with E-state index in [9.17, 15) is 4.79 Å². The van der Waals surface area contributed by atoms with Crippen LogP contribution < -0.4 is 10.6 Å². The van der Waals surface area contributed by atoms with Crippen LogP contribution in [0.5, 0.6) is 0 Å². The average Bonchev–Trinajstić information content (AvgIpc) is 3.19. The number of nitrogens with zero attached hydrogens (tertiary/aromatic N) is 1. The van der Waals surface area contributed by atoms with Gasteiger partial charge in [-0.15, -0.1) is 0 Å². The van der Waals surface area contributed by atoms with Crippen LogP contribution in [0, 0.1) is 0 Å². The van der Waals surface area contributed by atoms with Gasteiger partial charge >= 0.3 is 0 Å². The van der Waals surface area contributed by atoms with Gasteiger partial charge in [0, 0.05) is 5.69 Å². The fraction of sp³-hybridized carbons (Fsp3) is 0.375. The summed E-state index contributed by atoms with van der Waals surface area (Å²) < 4.78 is 5.41. The molecule has 1 atom stereocenters. The Kier molecular flexibility index (Phi) is 4.01. The second-order valence-corrected chi connectivity index (χ2v) is 5.22. The first-order valence-electron chi connectivity index (χ1n) is 7.35. The van der Waals surface area contributed by atoms with E-state index in [-0.39, 0.29) is 11.9 Å². The van der Waals surface area contributed by atoms with Gasteiger partial charge in [0.25, 0.3) is 5.91 Å². The van der Waals surface area contributed by atoms with Crippen LogP contribution in [0.3, 0.4) is 0 Å². The number of amides is 1. The number of rotatable bonds is 4. The highest BCUT2D eigenvalue weighted by Gasteiger charge is 2.22. The van der Waals surface area contributed by atoms with E-state index >= 15 is 0 Å². The SMILES string of the molecule is CCc1ccc(NC(=O)c2coc(C3CCCN3)n2)cc1. The minimum Gasteiger partial charge on any atom is -0.446 e. The molecule has 2 aromatic rings. The Morgan fingerprint density at radius 3 is 2.90 bits per heavy atom. The lowest BCUT2D eigenvalue weighted by Gasteiger charge is -2.04. The van der Waals surface area contributed by atoms with E-state index in [0.29, 0.717) is 11.6 Å². The van der Waals surface area contributed by atoms with Gasteiger partial charge in [0.2, 0.25) is 5.89 Å². The molecule has 0 radical (unpaired) electrons. The van der Waals surface area contributed by atoms with Gasteiger partial charge < -0.3 is 15.1 Å². The van der Waals surface area contributed by atoms with Gasteiger partial charge in [-0.1, -0.05) is 19.1 Å². The molecule has 5 heteroatoms. The number of benzene rings is 1. The average molecular weight is 285 g/mol. The molecule has 1 aromatic heterocycles. The van der Waals surface area contributed by atoms with Crippen molar-refractivity contribution in [3.8, 4) is 0 Å². The molecule has 110 valence electrons. The van der Waals surface area contributed by atoms with Gasteiger partial charge in [-0.3, -0.25) is 4.79 Å². The van der Waals surface area contributed by atoms with Crippen molar-refractivity contribution in [2.24, 2.45) is 0 Å². The number of carbonyl (C=O) groups excluding carboxylic acids is 1. The normalized spacial score (nSPS) is 17.9. The lowest BCUT2D eigenvalue weighted by atomic mass is 10.1. The molecular formula is C16H19N3O2. The Morgan fingerprint density at radius 2 is 2.24 bits per heavy atom. The van der Waals surface area contributed by atoms with Gasteiger partial charge in [0.15, 0.2) is 5.69 Å². The Balaban J connectivity index is 1.67. The van der Waals surface area contributed by atoms with Gasteiger partial charge in [-0.05, 0) is 43.5 Å². The van der Waals surface area contributed by atoms with Crippen LogP contribution in [0.1, 0.15) is 47.7 Å². The second kappa shape index (κ2) is 6.10. The molecule has 1 aliphatic rings. The van der Waals surface area contributed by atoms with Crippen LogP contribution in [-0.4, -0.2) is 17.4 Å². The molecule has 5 nitrogen and oxygen atoms in total. The lowest BCUT2D eigenvalue weighted by Crippen LogP contribution is -2.15. The van der Waals surface area contributed by atoms with E-state index in [4.69, 9.17) is 4.42 Å². The third-order valence-corrected chi connectivity index (χ3v) is 3.73. The smallest absolute Gasteiger partial charge is 0.277 e. The summed E-state index contributed by atoms with van der Waals surface area (Å²) in [6.07, 6.45) is 4.51. The standard InChI is InChI=1S/C16H19N3O2/c1-2-11-5-7-12(8-6-11)18-15(20)14-10-21-16(19-14)13-4-3-9-17-13/h5-8,10,13,17H,2-4,9H2,1H3,(H,18,20). The summed E-state index contributed by atoms with van der Waals surface area (Å²) in [6.45, 7) is 3.07. The first-order valence-corrected chi connectivity index (χ1v) is 7.35. The van der Waals surface area contributed by atoms with Crippen LogP contribution in [0.2, 0.25) is 0 Å². The molecule has 0 aliphatic carbocycles. The number of aromatic nitrogens is 1. The molecule has 21 heavy (non-hydrogen) atoms. The van der Waals surface area contributed by atoms with Crippen molar-refractivity contribution in [2.45, 2.75) is 32.2 Å². The second-order valence-electron chi connectivity index (χ2n) is 5.22. The van der Waals surface area contributed by atoms with E-state index in [1.54, 1.807) is 0 Å². The van der Waals surface area contributed by atoms with Crippen molar-refractivity contribution >= 4 is 11.6 Å². The molecule has 1 unspecified atom stereocenters. The van der Waals surface area contributed by atoms with E-state index in [1.165, 1.54) is 11.8 Å². The van der Waals surface area contributed by atoms with Gasteiger partial charge in [0.05, 0.1) is 6.04 Å². The third-order valence-electron chi connectivity index (χ3n) is 3.73. The van der Waals surface area contributed by atoms with Crippen LogP contribution in [0.15, 0.2) is 34.9 Å². The number of oxazole rings is 1. The fourth-order valence-corrected chi connectivity index (χ4v) is 2.47. The Labute approximate surface area is 123 Å². The van der Waals surface area contributed by atoms with Crippen molar-refractivity contribution in [2.75, 3.05) is 11.9 Å². The first-order chi connectivity index (χ1) is 10.3. The third kappa shape index (κ3) is 3.13. The lowest BCUT2D eigenvalue weighted by molar-refractivity contribution is 0.102. The topological polar surface area (TPSA) is 67.2 Å². The summed E-state index contributed by atoms with van der Waals surface area (Å²) in [6, 6.07) is 7.95. The van der Waals surface area contributed by atoms with Crippen molar-refractivity contribution in [3.63, 3.8) is 0 Å². The van der Waals surface area contributed by atoms with E-state index < -0.39 is 0 Å². The van der Waals surface area contributed by atoms with Crippen LogP contribution in [0.25, 0.3) is 0 Å². The molecular weight excluding hydrogens is 266 g/mol. The highest BCUT2D eigenvalue weighted by Crippen LogP contribution is 2.22. The fourth-order valence-electron chi connectivity index (χ4n) is 2.47. The van der Waals surface area contributed by atoms with Crippen LogP contribution in [-0.2, 0) is 6.42 Å². The number of anilines is 1. The van der Waals surface area contributed by atoms with Crippen LogP contribution >= 0.6 is 0 Å². The van der Waals surface area contributed by atoms with Gasteiger partial charge in [-0.2, -0.15) is 0 Å². The monoisotopic (exact) mass is 285 g/mol. The van der Waals surface area contributed by atoms with Gasteiger partial charge in [0.1, 0.15) is 6.26 Å². The predicted molar refractivity (Wildman–Crippen MR) is 80.3 cm³/mol. The molecule has 2 N–H and O–H groups in total. The molecule has 1 amide bonds. The van der Waals surface area contributed by atoms with Gasteiger partial charge in [-0.25, -0.2) is 4.98 Å². The van der Waals surface area contributed by atoms with E-state index in [2.05, 4.69) is 22.5 Å². The van der Waals surface area contributed by atoms with Crippen molar-refractivity contribution < 1.29 is 9.21 Å². The minimum atomic E-state index is -0.243. The molecule has 2 heterocycles. The summed E-state index contributed by atoms with van der Waals surface area (Å²) in [5.74, 6) is 0.353. The summed E-state index contributed by atoms with van der Waals surface area (Å²) in [5.41, 5.74) is 2.32. The van der Waals surface area contributed by atoms with Crippen molar-refractivity contribution in [3.05, 3.63) is 47.7 Å². The summed E-state index contributed by atoms with van der Waals surface area (Å²) in [5, 5.41) is 6.13. The van der Waals surface area contributed by atoms with Crippen molar-refractivity contribution in [1.82, 2.24) is 10.3 Å². The summed E-state index contributed by atoms with van der Waals surface area (Å²) in [4.78, 5) is 16.4. The Bertz CT molecular complexity index is 613. The zero-order valence-corrected chi connectivity index (χ0v) is 12.1. The van der Waals surface area contributed by atoms with E-state index in [0.717, 1.165) is 31.5 Å². The Morgan fingerprint density at radius 1 is 1.43 bits per heavy atom. The predicted octanol–water partition coefficient (Wildman–Crippen LogP) is 2.91. The first kappa shape index (κ1) is 13.8. The molecule has 1 fully saturated rings. The summed E-state index contributed by atoms with van der Waals surface area (Å²) >= 11 is 0. The van der Waals surface area contributed by atoms with E-state index in [1.807, 2.05) is 24.3 Å². The molecule has 3 rings (SSSR count). The number of hydrogen-bond donors (Lipinski definition) is 2.